The molecule has 104 valence electrons. The van der Waals surface area contributed by atoms with E-state index in [0.717, 1.165) is 34.4 Å². The molecule has 0 aliphatic heterocycles. The van der Waals surface area contributed by atoms with Crippen molar-refractivity contribution in [3.63, 3.8) is 0 Å². The molecule has 1 N–H and O–H groups in total. The maximum Gasteiger partial charge on any atom is 0.335 e. The first kappa shape index (κ1) is 13.3. The molecule has 3 nitrogen and oxygen atoms in total. The van der Waals surface area contributed by atoms with Crippen LogP contribution >= 0.6 is 11.3 Å². The molecule has 2 aromatic rings. The Morgan fingerprint density at radius 2 is 2.10 bits per heavy atom. The smallest absolute Gasteiger partial charge is 0.335 e. The predicted molar refractivity (Wildman–Crippen MR) is 80.9 cm³/mol. The molecular formula is C16H16O3S. The van der Waals surface area contributed by atoms with Gasteiger partial charge in [0.2, 0.25) is 0 Å². The number of fused-ring (bicyclic) bond motifs is 2. The zero-order chi connectivity index (χ0) is 14.5. The van der Waals surface area contributed by atoms with Crippen molar-refractivity contribution in [1.82, 2.24) is 0 Å². The molecule has 0 unspecified atom stereocenters. The summed E-state index contributed by atoms with van der Waals surface area (Å²) >= 11 is 1.57. The van der Waals surface area contributed by atoms with Crippen molar-refractivity contribution in [2.24, 2.45) is 5.41 Å². The maximum atomic E-state index is 12.5. The highest BCUT2D eigenvalue weighted by Crippen LogP contribution is 2.37. The Hall–Kier alpha value is -1.68. The van der Waals surface area contributed by atoms with E-state index in [-0.39, 0.29) is 16.4 Å². The van der Waals surface area contributed by atoms with Crippen molar-refractivity contribution < 1.29 is 9.90 Å². The third-order valence-corrected chi connectivity index (χ3v) is 5.20. The van der Waals surface area contributed by atoms with E-state index in [2.05, 4.69) is 13.8 Å². The second kappa shape index (κ2) is 4.42. The quantitative estimate of drug-likeness (QED) is 0.874. The molecule has 3 rings (SSSR count). The van der Waals surface area contributed by atoms with E-state index >= 15 is 0 Å². The molecule has 1 aromatic carbocycles. The molecule has 0 spiro atoms. The molecular weight excluding hydrogens is 272 g/mol. The van der Waals surface area contributed by atoms with E-state index in [1.165, 1.54) is 6.07 Å². The second-order valence-corrected chi connectivity index (χ2v) is 7.33. The first-order valence-electron chi connectivity index (χ1n) is 6.69. The molecule has 0 amide bonds. The summed E-state index contributed by atoms with van der Waals surface area (Å²) in [5.41, 5.74) is 1.47. The van der Waals surface area contributed by atoms with Gasteiger partial charge in [-0.15, -0.1) is 11.3 Å². The molecule has 0 fully saturated rings. The number of rotatable bonds is 1. The lowest BCUT2D eigenvalue weighted by atomic mass is 9.77. The predicted octanol–water partition coefficient (Wildman–Crippen LogP) is 3.47. The summed E-state index contributed by atoms with van der Waals surface area (Å²) in [6, 6.07) is 4.78. The fourth-order valence-electron chi connectivity index (χ4n) is 2.79. The number of carboxylic acids is 1. The summed E-state index contributed by atoms with van der Waals surface area (Å²) in [5.74, 6) is -0.954. The van der Waals surface area contributed by atoms with Crippen molar-refractivity contribution in [2.45, 2.75) is 33.1 Å². The average molecular weight is 288 g/mol. The van der Waals surface area contributed by atoms with E-state index in [1.807, 2.05) is 0 Å². The third-order valence-electron chi connectivity index (χ3n) is 4.01. The van der Waals surface area contributed by atoms with Crippen LogP contribution in [0.2, 0.25) is 0 Å². The molecule has 0 saturated heterocycles. The summed E-state index contributed by atoms with van der Waals surface area (Å²) in [4.78, 5) is 24.7. The second-order valence-electron chi connectivity index (χ2n) is 6.19. The highest BCUT2D eigenvalue weighted by atomic mass is 32.1. The lowest BCUT2D eigenvalue weighted by molar-refractivity contribution is 0.0697. The van der Waals surface area contributed by atoms with Gasteiger partial charge < -0.3 is 5.11 Å². The minimum Gasteiger partial charge on any atom is -0.478 e. The Bertz CT molecular complexity index is 771. The number of carbonyl (C=O) groups is 1. The molecule has 0 radical (unpaired) electrons. The van der Waals surface area contributed by atoms with Crippen LogP contribution in [0.5, 0.6) is 0 Å². The largest absolute Gasteiger partial charge is 0.478 e. The van der Waals surface area contributed by atoms with Crippen LogP contribution in [0.3, 0.4) is 0 Å². The van der Waals surface area contributed by atoms with Crippen LogP contribution in [-0.2, 0) is 12.8 Å². The highest BCUT2D eigenvalue weighted by molar-refractivity contribution is 7.18. The van der Waals surface area contributed by atoms with Crippen LogP contribution in [0.15, 0.2) is 23.0 Å². The van der Waals surface area contributed by atoms with Gasteiger partial charge >= 0.3 is 5.97 Å². The number of hydrogen-bond acceptors (Lipinski definition) is 3. The molecule has 0 bridgehead atoms. The van der Waals surface area contributed by atoms with Gasteiger partial charge in [-0.2, -0.15) is 0 Å². The van der Waals surface area contributed by atoms with Gasteiger partial charge in [-0.1, -0.05) is 13.8 Å². The Morgan fingerprint density at radius 3 is 2.80 bits per heavy atom. The lowest BCUT2D eigenvalue weighted by Crippen LogP contribution is -2.26. The molecule has 1 aromatic heterocycles. The fourth-order valence-corrected chi connectivity index (χ4v) is 4.30. The summed E-state index contributed by atoms with van der Waals surface area (Å²) in [7, 11) is 0. The first-order valence-corrected chi connectivity index (χ1v) is 7.51. The summed E-state index contributed by atoms with van der Waals surface area (Å²) in [6.45, 7) is 4.43. The Morgan fingerprint density at radius 1 is 1.35 bits per heavy atom. The molecule has 20 heavy (non-hydrogen) atoms. The standard InChI is InChI=1S/C16H16O3S/c1-16(2)6-5-11-13(8-16)20-12-7-9(15(18)19)3-4-10(12)14(11)17/h3-4,7H,5-6,8H2,1-2H3,(H,18,19). The topological polar surface area (TPSA) is 54.4 Å². The van der Waals surface area contributed by atoms with Gasteiger partial charge in [0.15, 0.2) is 5.43 Å². The van der Waals surface area contributed by atoms with Crippen LogP contribution in [0.4, 0.5) is 0 Å². The van der Waals surface area contributed by atoms with Crippen LogP contribution < -0.4 is 5.43 Å². The molecule has 1 heterocycles. The minimum absolute atomic E-state index is 0.0844. The van der Waals surface area contributed by atoms with Crippen molar-refractivity contribution >= 4 is 27.4 Å². The molecule has 1 aliphatic rings. The molecule has 0 atom stereocenters. The van der Waals surface area contributed by atoms with E-state index in [9.17, 15) is 9.59 Å². The number of aromatic carboxylic acids is 1. The molecule has 0 saturated carbocycles. The fraction of sp³-hybridized carbons (Fsp3) is 0.375. The normalized spacial score (nSPS) is 16.9. The van der Waals surface area contributed by atoms with Crippen LogP contribution in [0.1, 0.15) is 41.1 Å². The van der Waals surface area contributed by atoms with Gasteiger partial charge in [0.1, 0.15) is 0 Å². The number of carboxylic acid groups (broad SMARTS) is 1. The van der Waals surface area contributed by atoms with Crippen molar-refractivity contribution in [3.05, 3.63) is 44.4 Å². The SMILES string of the molecule is CC1(C)CCc2c(sc3cc(C(=O)O)ccc3c2=O)C1. The summed E-state index contributed by atoms with van der Waals surface area (Å²) in [6.07, 6.45) is 2.75. The van der Waals surface area contributed by atoms with Gasteiger partial charge in [-0.3, -0.25) is 4.79 Å². The van der Waals surface area contributed by atoms with Gasteiger partial charge in [0, 0.05) is 20.5 Å². The van der Waals surface area contributed by atoms with E-state index in [4.69, 9.17) is 5.11 Å². The highest BCUT2D eigenvalue weighted by Gasteiger charge is 2.28. The average Bonchev–Trinajstić information content (AvgIpc) is 2.36. The maximum absolute atomic E-state index is 12.5. The molecule has 1 aliphatic carbocycles. The van der Waals surface area contributed by atoms with Crippen LogP contribution in [-0.4, -0.2) is 11.1 Å². The van der Waals surface area contributed by atoms with Crippen molar-refractivity contribution in [1.29, 1.82) is 0 Å². The van der Waals surface area contributed by atoms with E-state index in [1.54, 1.807) is 23.5 Å². The minimum atomic E-state index is -0.954. The monoisotopic (exact) mass is 288 g/mol. The summed E-state index contributed by atoms with van der Waals surface area (Å²) in [5, 5.41) is 9.71. The van der Waals surface area contributed by atoms with Crippen LogP contribution in [0, 0.1) is 5.41 Å². The number of hydrogen-bond donors (Lipinski definition) is 1. The lowest BCUT2D eigenvalue weighted by Gasteiger charge is -2.30. The number of benzene rings is 1. The van der Waals surface area contributed by atoms with E-state index < -0.39 is 5.97 Å². The Kier molecular flexibility index (Phi) is 2.94. The van der Waals surface area contributed by atoms with Crippen molar-refractivity contribution in [2.75, 3.05) is 0 Å². The van der Waals surface area contributed by atoms with Gasteiger partial charge in [0.05, 0.1) is 5.56 Å². The Labute approximate surface area is 120 Å². The van der Waals surface area contributed by atoms with Gasteiger partial charge in [-0.05, 0) is 42.9 Å². The Balaban J connectivity index is 2.26. The zero-order valence-electron chi connectivity index (χ0n) is 11.5. The van der Waals surface area contributed by atoms with Gasteiger partial charge in [0.25, 0.3) is 0 Å². The summed E-state index contributed by atoms with van der Waals surface area (Å²) < 4.78 is 0.784. The third kappa shape index (κ3) is 2.14. The van der Waals surface area contributed by atoms with Gasteiger partial charge in [-0.25, -0.2) is 4.79 Å². The molecule has 4 heteroatoms. The van der Waals surface area contributed by atoms with E-state index in [0.29, 0.717) is 5.39 Å². The van der Waals surface area contributed by atoms with Crippen LogP contribution in [0.25, 0.3) is 10.1 Å². The zero-order valence-corrected chi connectivity index (χ0v) is 12.3. The van der Waals surface area contributed by atoms with Crippen molar-refractivity contribution in [3.8, 4) is 0 Å². The first-order chi connectivity index (χ1) is 9.37.